The van der Waals surface area contributed by atoms with Crippen LogP contribution in [-0.4, -0.2) is 19.3 Å². The Labute approximate surface area is 146 Å². The Morgan fingerprint density at radius 3 is 2.56 bits per heavy atom. The van der Waals surface area contributed by atoms with E-state index in [0.717, 1.165) is 5.56 Å². The fourth-order valence-electron chi connectivity index (χ4n) is 2.58. The molecule has 1 aromatic heterocycles. The third-order valence-electron chi connectivity index (χ3n) is 3.97. The number of carbonyl (C=O) groups is 1. The molecule has 6 nitrogen and oxygen atoms in total. The van der Waals surface area contributed by atoms with E-state index in [-0.39, 0.29) is 16.5 Å². The maximum Gasteiger partial charge on any atom is 0.265 e. The lowest BCUT2D eigenvalue weighted by Crippen LogP contribution is -2.13. The molecule has 130 valence electrons. The number of sulfonamides is 1. The van der Waals surface area contributed by atoms with Crippen molar-refractivity contribution in [2.45, 2.75) is 24.7 Å². The van der Waals surface area contributed by atoms with E-state index in [1.165, 1.54) is 0 Å². The van der Waals surface area contributed by atoms with Crippen molar-refractivity contribution in [3.63, 3.8) is 0 Å². The first-order chi connectivity index (χ1) is 11.8. The molecule has 0 radical (unpaired) electrons. The minimum Gasteiger partial charge on any atom is -0.364 e. The third kappa shape index (κ3) is 3.51. The average molecular weight is 357 g/mol. The van der Waals surface area contributed by atoms with Gasteiger partial charge in [-0.25, -0.2) is 8.42 Å². The van der Waals surface area contributed by atoms with Crippen molar-refractivity contribution < 1.29 is 13.2 Å². The number of nitrogens with one attached hydrogen (secondary N) is 2. The fourth-order valence-corrected chi connectivity index (χ4v) is 3.69. The van der Waals surface area contributed by atoms with Crippen LogP contribution in [-0.2, 0) is 10.0 Å². The van der Waals surface area contributed by atoms with Crippen molar-refractivity contribution in [1.82, 2.24) is 4.98 Å². The first-order valence-corrected chi connectivity index (χ1v) is 9.30. The molecule has 3 aromatic rings. The van der Waals surface area contributed by atoms with Crippen molar-refractivity contribution in [2.75, 3.05) is 4.72 Å². The molecule has 0 atom stereocenters. The van der Waals surface area contributed by atoms with E-state index < -0.39 is 15.9 Å². The normalized spacial score (nSPS) is 11.8. The number of aromatic amines is 1. The van der Waals surface area contributed by atoms with Gasteiger partial charge in [-0.1, -0.05) is 26.0 Å². The number of anilines is 1. The quantitative estimate of drug-likeness (QED) is 0.653. The zero-order valence-electron chi connectivity index (χ0n) is 13.9. The van der Waals surface area contributed by atoms with E-state index in [1.807, 2.05) is 19.9 Å². The molecule has 0 aliphatic heterocycles. The monoisotopic (exact) mass is 357 g/mol. The Bertz CT molecular complexity index is 1050. The Morgan fingerprint density at radius 1 is 1.12 bits per heavy atom. The predicted molar refractivity (Wildman–Crippen MR) is 98.2 cm³/mol. The number of carbonyl (C=O) groups excluding carboxylic acids is 1. The number of aromatic nitrogens is 1. The number of hydrogen-bond donors (Lipinski definition) is 3. The van der Waals surface area contributed by atoms with E-state index in [2.05, 4.69) is 9.71 Å². The standard InChI is InChI=1S/C18H19N3O3S/c1-11(2)12-4-3-5-15(9-12)25(23,24)21-14-6-7-16-13(8-14)10-17(20-16)18(19)22/h3-11,20-21H,1-2H3,(H2,19,22). The first kappa shape index (κ1) is 17.0. The molecule has 0 saturated carbocycles. The van der Waals surface area contributed by atoms with E-state index >= 15 is 0 Å². The summed E-state index contributed by atoms with van der Waals surface area (Å²) in [5.74, 6) is -0.331. The largest absolute Gasteiger partial charge is 0.364 e. The minimum atomic E-state index is -3.70. The molecule has 0 bridgehead atoms. The van der Waals surface area contributed by atoms with E-state index in [0.29, 0.717) is 16.6 Å². The molecule has 1 amide bonds. The van der Waals surface area contributed by atoms with E-state index in [9.17, 15) is 13.2 Å². The predicted octanol–water partition coefficient (Wildman–Crippen LogP) is 3.19. The summed E-state index contributed by atoms with van der Waals surface area (Å²) in [5.41, 5.74) is 7.60. The number of primary amides is 1. The van der Waals surface area contributed by atoms with Crippen LogP contribution in [0.25, 0.3) is 10.9 Å². The van der Waals surface area contributed by atoms with Crippen molar-refractivity contribution in [3.05, 3.63) is 59.8 Å². The molecule has 0 fully saturated rings. The lowest BCUT2D eigenvalue weighted by atomic mass is 10.0. The number of benzene rings is 2. The lowest BCUT2D eigenvalue weighted by Gasteiger charge is -2.11. The summed E-state index contributed by atoms with van der Waals surface area (Å²) in [6.45, 7) is 4.02. The molecule has 0 aliphatic rings. The highest BCUT2D eigenvalue weighted by atomic mass is 32.2. The Balaban J connectivity index is 1.94. The van der Waals surface area contributed by atoms with Crippen LogP contribution in [0.15, 0.2) is 53.4 Å². The van der Waals surface area contributed by atoms with Crippen molar-refractivity contribution in [2.24, 2.45) is 5.73 Å². The SMILES string of the molecule is CC(C)c1cccc(S(=O)(=O)Nc2ccc3[nH]c(C(N)=O)cc3c2)c1. The van der Waals surface area contributed by atoms with Crippen molar-refractivity contribution in [3.8, 4) is 0 Å². The molecule has 1 heterocycles. The van der Waals surface area contributed by atoms with Gasteiger partial charge in [0.2, 0.25) is 0 Å². The molecule has 2 aromatic carbocycles. The molecule has 0 saturated heterocycles. The second kappa shape index (κ2) is 6.25. The maximum absolute atomic E-state index is 12.6. The second-order valence-electron chi connectivity index (χ2n) is 6.18. The molecule has 25 heavy (non-hydrogen) atoms. The van der Waals surface area contributed by atoms with Gasteiger partial charge < -0.3 is 10.7 Å². The van der Waals surface area contributed by atoms with Crippen LogP contribution in [0, 0.1) is 0 Å². The van der Waals surface area contributed by atoms with Crippen LogP contribution in [0.5, 0.6) is 0 Å². The number of hydrogen-bond acceptors (Lipinski definition) is 3. The number of amides is 1. The second-order valence-corrected chi connectivity index (χ2v) is 7.86. The average Bonchev–Trinajstić information content (AvgIpc) is 2.98. The summed E-state index contributed by atoms with van der Waals surface area (Å²) < 4.78 is 27.8. The maximum atomic E-state index is 12.6. The number of fused-ring (bicyclic) bond motifs is 1. The summed E-state index contributed by atoms with van der Waals surface area (Å²) in [5, 5.41) is 0.699. The van der Waals surface area contributed by atoms with Crippen molar-refractivity contribution >= 4 is 32.5 Å². The zero-order chi connectivity index (χ0) is 18.2. The van der Waals surface area contributed by atoms with Gasteiger partial charge >= 0.3 is 0 Å². The summed E-state index contributed by atoms with van der Waals surface area (Å²) in [6, 6.07) is 13.5. The summed E-state index contributed by atoms with van der Waals surface area (Å²) in [4.78, 5) is 14.3. The van der Waals surface area contributed by atoms with Crippen molar-refractivity contribution in [1.29, 1.82) is 0 Å². The summed E-state index contributed by atoms with van der Waals surface area (Å²) >= 11 is 0. The third-order valence-corrected chi connectivity index (χ3v) is 5.35. The lowest BCUT2D eigenvalue weighted by molar-refractivity contribution is 0.0996. The van der Waals surface area contributed by atoms with Crippen LogP contribution < -0.4 is 10.5 Å². The highest BCUT2D eigenvalue weighted by molar-refractivity contribution is 7.92. The first-order valence-electron chi connectivity index (χ1n) is 7.81. The van der Waals surface area contributed by atoms with Gasteiger partial charge in [0.15, 0.2) is 0 Å². The highest BCUT2D eigenvalue weighted by Gasteiger charge is 2.16. The highest BCUT2D eigenvalue weighted by Crippen LogP contribution is 2.24. The smallest absolute Gasteiger partial charge is 0.265 e. The van der Waals surface area contributed by atoms with Crippen LogP contribution in [0.2, 0.25) is 0 Å². The van der Waals surface area contributed by atoms with Crippen LogP contribution in [0.1, 0.15) is 35.8 Å². The van der Waals surface area contributed by atoms with Gasteiger partial charge in [0.05, 0.1) is 4.90 Å². The van der Waals surface area contributed by atoms with Crippen LogP contribution >= 0.6 is 0 Å². The number of rotatable bonds is 5. The van der Waals surface area contributed by atoms with Gasteiger partial charge in [-0.3, -0.25) is 9.52 Å². The number of H-pyrrole nitrogens is 1. The molecular weight excluding hydrogens is 338 g/mol. The fraction of sp³-hybridized carbons (Fsp3) is 0.167. The Morgan fingerprint density at radius 2 is 1.88 bits per heavy atom. The summed E-state index contributed by atoms with van der Waals surface area (Å²) in [7, 11) is -3.70. The van der Waals surface area contributed by atoms with E-state index in [1.54, 1.807) is 42.5 Å². The molecular formula is C18H19N3O3S. The molecule has 0 aliphatic carbocycles. The van der Waals surface area contributed by atoms with Crippen LogP contribution in [0.3, 0.4) is 0 Å². The minimum absolute atomic E-state index is 0.214. The number of nitrogens with two attached hydrogens (primary N) is 1. The molecule has 4 N–H and O–H groups in total. The molecule has 0 unspecified atom stereocenters. The summed E-state index contributed by atoms with van der Waals surface area (Å²) in [6.07, 6.45) is 0. The zero-order valence-corrected chi connectivity index (χ0v) is 14.7. The molecule has 3 rings (SSSR count). The van der Waals surface area contributed by atoms with Gasteiger partial charge in [0.25, 0.3) is 15.9 Å². The molecule has 0 spiro atoms. The van der Waals surface area contributed by atoms with Gasteiger partial charge in [-0.15, -0.1) is 0 Å². The van der Waals surface area contributed by atoms with Crippen LogP contribution in [0.4, 0.5) is 5.69 Å². The molecule has 7 heteroatoms. The van der Waals surface area contributed by atoms with E-state index in [4.69, 9.17) is 5.73 Å². The topological polar surface area (TPSA) is 105 Å². The van der Waals surface area contributed by atoms with Gasteiger partial charge in [0, 0.05) is 16.6 Å². The Hall–Kier alpha value is -2.80. The van der Waals surface area contributed by atoms with Gasteiger partial charge in [-0.05, 0) is 47.9 Å². The van der Waals surface area contributed by atoms with Gasteiger partial charge in [0.1, 0.15) is 5.69 Å². The Kier molecular flexibility index (Phi) is 4.26. The van der Waals surface area contributed by atoms with Gasteiger partial charge in [-0.2, -0.15) is 0 Å².